The van der Waals surface area contributed by atoms with Crippen molar-refractivity contribution in [3.05, 3.63) is 41.2 Å². The quantitative estimate of drug-likeness (QED) is 0.213. The second-order valence-corrected chi connectivity index (χ2v) is 10.5. The van der Waals surface area contributed by atoms with E-state index in [1.807, 2.05) is 7.05 Å². The summed E-state index contributed by atoms with van der Waals surface area (Å²) in [7, 11) is 2.02. The summed E-state index contributed by atoms with van der Waals surface area (Å²) in [5, 5.41) is 32.5. The Kier molecular flexibility index (Phi) is 10.6. The van der Waals surface area contributed by atoms with Crippen LogP contribution in [-0.2, 0) is 29.0 Å². The average molecular weight is 651 g/mol. The minimum absolute atomic E-state index is 0.0384. The number of carbonyl (C=O) groups excluding carboxylic acids is 1. The number of alkyl halides is 3. The van der Waals surface area contributed by atoms with Gasteiger partial charge in [0.1, 0.15) is 0 Å². The van der Waals surface area contributed by atoms with Crippen LogP contribution >= 0.6 is 0 Å². The van der Waals surface area contributed by atoms with E-state index in [-0.39, 0.29) is 43.3 Å². The molecule has 46 heavy (non-hydrogen) atoms. The number of rotatable bonds is 10. The number of aliphatic hydroxyl groups is 1. The topological polar surface area (TPSA) is 209 Å². The molecule has 1 aromatic carbocycles. The number of nitrogens with zero attached hydrogens (tertiary/aromatic N) is 6. The van der Waals surface area contributed by atoms with Gasteiger partial charge in [0.15, 0.2) is 11.4 Å². The largest absolute Gasteiger partial charge is 0.573 e. The summed E-state index contributed by atoms with van der Waals surface area (Å²) in [5.41, 5.74) is 8.79. The lowest BCUT2D eigenvalue weighted by molar-refractivity contribution is -0.274. The first-order valence-electron chi connectivity index (χ1n) is 14.2. The van der Waals surface area contributed by atoms with Crippen LogP contribution in [0.5, 0.6) is 5.75 Å². The van der Waals surface area contributed by atoms with Gasteiger partial charge in [-0.3, -0.25) is 19.1 Å². The van der Waals surface area contributed by atoms with E-state index in [2.05, 4.69) is 34.9 Å². The molecular weight excluding hydrogens is 617 g/mol. The molecule has 3 heterocycles. The Balaban J connectivity index is 0.000000533. The van der Waals surface area contributed by atoms with Gasteiger partial charge >= 0.3 is 18.3 Å². The SMILES string of the molecule is CN1CCN(c2ccc(OC(F)(F)F)c(Nc3ncc4c(n3)-c3c(c(C(N)=O)nn3CCO)CC4)c2)CC1.O=C(O)CCC(=O)O. The maximum absolute atomic E-state index is 13.2. The molecule has 1 aliphatic carbocycles. The standard InChI is InChI=1S/C24H27F3N8O3.C4H6O4/c1-33-6-8-34(9-7-33)15-3-5-18(38-24(25,26)27)17(12-15)30-23-29-13-14-2-4-16-20(22(28)37)32-35(10-11-36)21(16)19(14)31-23;5-3(6)1-2-4(7)8/h3,5,12-13,36H,2,4,6-11H2,1H3,(H2,28,37)(H,29,30,31);1-2H2,(H,5,6)(H,7,8). The van der Waals surface area contributed by atoms with E-state index in [4.69, 9.17) is 15.9 Å². The summed E-state index contributed by atoms with van der Waals surface area (Å²) in [4.78, 5) is 44.4. The summed E-state index contributed by atoms with van der Waals surface area (Å²) >= 11 is 0. The molecule has 0 unspecified atom stereocenters. The number of carboxylic acids is 2. The lowest BCUT2D eigenvalue weighted by atomic mass is 9.93. The molecule has 0 spiro atoms. The zero-order chi connectivity index (χ0) is 33.6. The summed E-state index contributed by atoms with van der Waals surface area (Å²) in [6.07, 6.45) is -2.89. The number of carbonyl (C=O) groups is 3. The number of aliphatic hydroxyl groups excluding tert-OH is 1. The van der Waals surface area contributed by atoms with Crippen LogP contribution in [-0.4, -0.2) is 104 Å². The number of fused-ring (bicyclic) bond motifs is 3. The lowest BCUT2D eigenvalue weighted by Gasteiger charge is -2.34. The molecule has 3 aromatic rings. The van der Waals surface area contributed by atoms with Gasteiger partial charge in [-0.1, -0.05) is 0 Å². The number of hydrogen-bond donors (Lipinski definition) is 5. The van der Waals surface area contributed by atoms with Crippen LogP contribution in [0.3, 0.4) is 0 Å². The van der Waals surface area contributed by atoms with Crippen LogP contribution in [0.4, 0.5) is 30.5 Å². The van der Waals surface area contributed by atoms with Gasteiger partial charge in [-0.25, -0.2) is 9.97 Å². The average Bonchev–Trinajstić information content (AvgIpc) is 3.36. The third-order valence-electron chi connectivity index (χ3n) is 7.19. The number of primary amides is 1. The highest BCUT2D eigenvalue weighted by Gasteiger charge is 2.33. The summed E-state index contributed by atoms with van der Waals surface area (Å²) in [6.45, 7) is 2.99. The summed E-state index contributed by atoms with van der Waals surface area (Å²) in [6, 6.07) is 4.45. The predicted molar refractivity (Wildman–Crippen MR) is 157 cm³/mol. The minimum Gasteiger partial charge on any atom is -0.481 e. The molecule has 1 fully saturated rings. The number of ether oxygens (including phenoxy) is 1. The van der Waals surface area contributed by atoms with Gasteiger partial charge < -0.3 is 40.9 Å². The zero-order valence-corrected chi connectivity index (χ0v) is 24.7. The minimum atomic E-state index is -4.89. The van der Waals surface area contributed by atoms with Gasteiger partial charge in [0.2, 0.25) is 5.95 Å². The van der Waals surface area contributed by atoms with Crippen LogP contribution in [0.25, 0.3) is 11.4 Å². The molecule has 6 N–H and O–H groups in total. The van der Waals surface area contributed by atoms with Crippen molar-refractivity contribution in [2.75, 3.05) is 50.1 Å². The van der Waals surface area contributed by atoms with E-state index in [9.17, 15) is 32.7 Å². The highest BCUT2D eigenvalue weighted by molar-refractivity contribution is 5.94. The number of halogens is 3. The van der Waals surface area contributed by atoms with Crippen LogP contribution in [0, 0.1) is 0 Å². The van der Waals surface area contributed by atoms with Crippen molar-refractivity contribution in [2.45, 2.75) is 38.6 Å². The van der Waals surface area contributed by atoms with E-state index in [0.717, 1.165) is 37.4 Å². The first kappa shape index (κ1) is 33.9. The number of amides is 1. The van der Waals surface area contributed by atoms with Gasteiger partial charge in [0, 0.05) is 43.6 Å². The van der Waals surface area contributed by atoms with Crippen molar-refractivity contribution >= 4 is 35.2 Å². The zero-order valence-electron chi connectivity index (χ0n) is 24.7. The molecule has 18 heteroatoms. The first-order chi connectivity index (χ1) is 21.8. The van der Waals surface area contributed by atoms with Gasteiger partial charge in [-0.2, -0.15) is 5.10 Å². The predicted octanol–water partition coefficient (Wildman–Crippen LogP) is 1.86. The Morgan fingerprint density at radius 3 is 2.33 bits per heavy atom. The monoisotopic (exact) mass is 650 g/mol. The van der Waals surface area contributed by atoms with E-state index < -0.39 is 30.0 Å². The second-order valence-electron chi connectivity index (χ2n) is 10.5. The number of piperazine rings is 1. The molecule has 2 aliphatic rings. The smallest absolute Gasteiger partial charge is 0.481 e. The number of benzene rings is 1. The Bertz CT molecular complexity index is 1580. The van der Waals surface area contributed by atoms with Crippen molar-refractivity contribution in [2.24, 2.45) is 5.73 Å². The molecular formula is C28H33F3N8O7. The first-order valence-corrected chi connectivity index (χ1v) is 14.2. The van der Waals surface area contributed by atoms with Crippen LogP contribution in [0.2, 0.25) is 0 Å². The fraction of sp³-hybridized carbons (Fsp3) is 0.429. The molecule has 5 rings (SSSR count). The number of aliphatic carboxylic acids is 2. The fourth-order valence-corrected chi connectivity index (χ4v) is 5.00. The van der Waals surface area contributed by atoms with Gasteiger partial charge in [-0.05, 0) is 43.7 Å². The third-order valence-corrected chi connectivity index (χ3v) is 7.19. The number of hydrogen-bond acceptors (Lipinski definition) is 11. The molecule has 0 saturated carbocycles. The van der Waals surface area contributed by atoms with Crippen molar-refractivity contribution in [1.29, 1.82) is 0 Å². The highest BCUT2D eigenvalue weighted by Crippen LogP contribution is 2.38. The third kappa shape index (κ3) is 8.60. The number of aromatic nitrogens is 4. The van der Waals surface area contributed by atoms with Crippen molar-refractivity contribution < 1.29 is 47.6 Å². The van der Waals surface area contributed by atoms with Crippen molar-refractivity contribution in [3.63, 3.8) is 0 Å². The number of nitrogens with one attached hydrogen (secondary N) is 1. The molecule has 1 aliphatic heterocycles. The Hall–Kier alpha value is -4.97. The van der Waals surface area contributed by atoms with Crippen LogP contribution in [0.15, 0.2) is 24.4 Å². The Morgan fingerprint density at radius 2 is 1.74 bits per heavy atom. The molecule has 1 saturated heterocycles. The molecule has 0 bridgehead atoms. The summed E-state index contributed by atoms with van der Waals surface area (Å²) < 4.78 is 45.2. The number of aryl methyl sites for hydroxylation is 1. The highest BCUT2D eigenvalue weighted by atomic mass is 19.4. The second kappa shape index (κ2) is 14.4. The van der Waals surface area contributed by atoms with Crippen LogP contribution < -0.4 is 20.7 Å². The van der Waals surface area contributed by atoms with Gasteiger partial charge in [-0.15, -0.1) is 13.2 Å². The molecule has 248 valence electrons. The molecule has 2 aromatic heterocycles. The van der Waals surface area contributed by atoms with Crippen LogP contribution in [0.1, 0.15) is 34.5 Å². The maximum Gasteiger partial charge on any atom is 0.573 e. The Morgan fingerprint density at radius 1 is 1.07 bits per heavy atom. The lowest BCUT2D eigenvalue weighted by Crippen LogP contribution is -2.44. The van der Waals surface area contributed by atoms with Crippen molar-refractivity contribution in [3.8, 4) is 17.1 Å². The number of carboxylic acid groups (broad SMARTS) is 2. The van der Waals surface area contributed by atoms with Crippen molar-refractivity contribution in [1.82, 2.24) is 24.6 Å². The molecule has 0 atom stereocenters. The molecule has 0 radical (unpaired) electrons. The normalized spacial score (nSPS) is 14.4. The van der Waals surface area contributed by atoms with E-state index >= 15 is 0 Å². The maximum atomic E-state index is 13.2. The number of anilines is 3. The van der Waals surface area contributed by atoms with Gasteiger partial charge in [0.05, 0.1) is 43.1 Å². The van der Waals surface area contributed by atoms with Gasteiger partial charge in [0.25, 0.3) is 5.91 Å². The van der Waals surface area contributed by atoms with E-state index in [0.29, 0.717) is 29.8 Å². The Labute approximate surface area is 260 Å². The van der Waals surface area contributed by atoms with E-state index in [1.54, 1.807) is 18.3 Å². The summed E-state index contributed by atoms with van der Waals surface area (Å²) in [5.74, 6) is -3.22. The molecule has 15 nitrogen and oxygen atoms in total. The fourth-order valence-electron chi connectivity index (χ4n) is 5.00. The molecule has 1 amide bonds. The number of likely N-dealkylation sites (N-methyl/N-ethyl adjacent to an activating group) is 1. The van der Waals surface area contributed by atoms with E-state index in [1.165, 1.54) is 10.7 Å². The number of nitrogens with two attached hydrogens (primary N) is 1.